The Morgan fingerprint density at radius 1 is 0.906 bits per heavy atom. The number of hydrazone groups is 1. The van der Waals surface area contributed by atoms with Gasteiger partial charge in [0, 0.05) is 14.5 Å². The molecule has 0 heterocycles. The lowest BCUT2D eigenvalue weighted by molar-refractivity contribution is 0.0733. The fourth-order valence-corrected chi connectivity index (χ4v) is 3.54. The molecule has 0 aromatic heterocycles. The Morgan fingerprint density at radius 3 is 2.34 bits per heavy atom. The van der Waals surface area contributed by atoms with Gasteiger partial charge in [-0.2, -0.15) is 5.10 Å². The van der Waals surface area contributed by atoms with Crippen LogP contribution < -0.4 is 19.6 Å². The molecule has 0 atom stereocenters. The number of nitrogens with zero attached hydrogens (tertiary/aromatic N) is 1. The third-order valence-electron chi connectivity index (χ3n) is 4.28. The third-order valence-corrected chi connectivity index (χ3v) is 5.47. The molecule has 1 amide bonds. The van der Waals surface area contributed by atoms with E-state index < -0.39 is 5.97 Å². The van der Waals surface area contributed by atoms with Gasteiger partial charge >= 0.3 is 5.97 Å². The standard InChI is InChI=1S/C23H18Br2N2O5/c1-30-20-9-7-14(12-21(20)31-2)23(29)32-19-10-8-16(24)11-15(19)13-26-27-22(28)17-5-3-4-6-18(17)25/h3-13H,1-2H3,(H,27,28)/b26-13-. The molecule has 0 saturated carbocycles. The Kier molecular flexibility index (Phi) is 8.02. The smallest absolute Gasteiger partial charge is 0.343 e. The summed E-state index contributed by atoms with van der Waals surface area (Å²) in [5, 5.41) is 4.00. The van der Waals surface area contributed by atoms with Crippen molar-refractivity contribution in [3.63, 3.8) is 0 Å². The number of carbonyl (C=O) groups excluding carboxylic acids is 2. The summed E-state index contributed by atoms with van der Waals surface area (Å²) in [7, 11) is 3.00. The Labute approximate surface area is 201 Å². The summed E-state index contributed by atoms with van der Waals surface area (Å²) in [6.07, 6.45) is 1.40. The van der Waals surface area contributed by atoms with Gasteiger partial charge in [0.05, 0.1) is 31.6 Å². The molecule has 164 valence electrons. The van der Waals surface area contributed by atoms with E-state index in [-0.39, 0.29) is 17.2 Å². The number of hydrogen-bond acceptors (Lipinski definition) is 6. The van der Waals surface area contributed by atoms with Gasteiger partial charge in [0.15, 0.2) is 11.5 Å². The van der Waals surface area contributed by atoms with Crippen LogP contribution in [0.1, 0.15) is 26.3 Å². The minimum atomic E-state index is -0.583. The summed E-state index contributed by atoms with van der Waals surface area (Å²) < 4.78 is 17.4. The van der Waals surface area contributed by atoms with E-state index in [9.17, 15) is 9.59 Å². The van der Waals surface area contributed by atoms with E-state index in [1.807, 2.05) is 6.07 Å². The lowest BCUT2D eigenvalue weighted by Gasteiger charge is -2.11. The summed E-state index contributed by atoms with van der Waals surface area (Å²) in [5.74, 6) is 0.218. The van der Waals surface area contributed by atoms with Crippen LogP contribution >= 0.6 is 31.9 Å². The lowest BCUT2D eigenvalue weighted by Crippen LogP contribution is -2.18. The maximum atomic E-state index is 12.7. The summed E-state index contributed by atoms with van der Waals surface area (Å²) in [6, 6.07) is 16.8. The summed E-state index contributed by atoms with van der Waals surface area (Å²) >= 11 is 6.71. The predicted octanol–water partition coefficient (Wildman–Crippen LogP) is 5.21. The van der Waals surface area contributed by atoms with Gasteiger partial charge in [-0.1, -0.05) is 28.1 Å². The van der Waals surface area contributed by atoms with E-state index in [1.54, 1.807) is 48.5 Å². The van der Waals surface area contributed by atoms with E-state index in [0.29, 0.717) is 27.1 Å². The number of carbonyl (C=O) groups is 2. The van der Waals surface area contributed by atoms with Gasteiger partial charge in [-0.15, -0.1) is 0 Å². The van der Waals surface area contributed by atoms with E-state index >= 15 is 0 Å². The van der Waals surface area contributed by atoms with E-state index in [1.165, 1.54) is 26.5 Å². The molecule has 3 aromatic carbocycles. The zero-order valence-electron chi connectivity index (χ0n) is 17.1. The second kappa shape index (κ2) is 10.9. The number of nitrogens with one attached hydrogen (secondary N) is 1. The van der Waals surface area contributed by atoms with Crippen LogP contribution in [0.4, 0.5) is 0 Å². The average molecular weight is 562 g/mol. The second-order valence-corrected chi connectivity index (χ2v) is 8.09. The highest BCUT2D eigenvalue weighted by Gasteiger charge is 2.15. The van der Waals surface area contributed by atoms with Crippen molar-refractivity contribution in [2.24, 2.45) is 5.10 Å². The first-order valence-electron chi connectivity index (χ1n) is 9.24. The van der Waals surface area contributed by atoms with Crippen LogP contribution in [-0.2, 0) is 0 Å². The van der Waals surface area contributed by atoms with Gasteiger partial charge in [0.1, 0.15) is 5.75 Å². The van der Waals surface area contributed by atoms with Crippen molar-refractivity contribution in [1.29, 1.82) is 0 Å². The Bertz CT molecular complexity index is 1180. The topological polar surface area (TPSA) is 86.2 Å². The first-order chi connectivity index (χ1) is 15.4. The molecule has 0 unspecified atom stereocenters. The van der Waals surface area contributed by atoms with E-state index in [2.05, 4.69) is 42.4 Å². The first kappa shape index (κ1) is 23.5. The predicted molar refractivity (Wildman–Crippen MR) is 128 cm³/mol. The maximum absolute atomic E-state index is 12.7. The van der Waals surface area contributed by atoms with Crippen molar-refractivity contribution < 1.29 is 23.8 Å². The quantitative estimate of drug-likeness (QED) is 0.185. The zero-order chi connectivity index (χ0) is 23.1. The molecular weight excluding hydrogens is 544 g/mol. The second-order valence-electron chi connectivity index (χ2n) is 6.32. The van der Waals surface area contributed by atoms with Crippen LogP contribution in [-0.4, -0.2) is 32.3 Å². The van der Waals surface area contributed by atoms with Crippen LogP contribution in [0, 0.1) is 0 Å². The first-order valence-corrected chi connectivity index (χ1v) is 10.8. The minimum Gasteiger partial charge on any atom is -0.493 e. The molecule has 3 aromatic rings. The van der Waals surface area contributed by atoms with Crippen molar-refractivity contribution >= 4 is 50.0 Å². The fraction of sp³-hybridized carbons (Fsp3) is 0.0870. The molecule has 0 radical (unpaired) electrons. The molecular formula is C23H18Br2N2O5. The van der Waals surface area contributed by atoms with Gasteiger partial charge in [-0.25, -0.2) is 10.2 Å². The number of methoxy groups -OCH3 is 2. The molecule has 0 bridgehead atoms. The summed E-state index contributed by atoms with van der Waals surface area (Å²) in [4.78, 5) is 25.0. The van der Waals surface area contributed by atoms with Gasteiger partial charge in [0.25, 0.3) is 5.91 Å². The Balaban J connectivity index is 1.78. The highest BCUT2D eigenvalue weighted by molar-refractivity contribution is 9.10. The molecule has 1 N–H and O–H groups in total. The summed E-state index contributed by atoms with van der Waals surface area (Å²) in [5.41, 5.74) is 3.68. The van der Waals surface area contributed by atoms with Crippen molar-refractivity contribution in [2.45, 2.75) is 0 Å². The highest BCUT2D eigenvalue weighted by atomic mass is 79.9. The van der Waals surface area contributed by atoms with Gasteiger partial charge < -0.3 is 14.2 Å². The SMILES string of the molecule is COc1ccc(C(=O)Oc2ccc(Br)cc2/C=N\NC(=O)c2ccccc2Br)cc1OC. The largest absolute Gasteiger partial charge is 0.493 e. The van der Waals surface area contributed by atoms with Crippen LogP contribution in [0.25, 0.3) is 0 Å². The lowest BCUT2D eigenvalue weighted by atomic mass is 10.2. The molecule has 0 spiro atoms. The highest BCUT2D eigenvalue weighted by Crippen LogP contribution is 2.29. The molecule has 0 aliphatic rings. The Hall–Kier alpha value is -3.17. The maximum Gasteiger partial charge on any atom is 0.343 e. The van der Waals surface area contributed by atoms with Crippen LogP contribution in [0.5, 0.6) is 17.2 Å². The number of hydrogen-bond donors (Lipinski definition) is 1. The molecule has 0 aliphatic heterocycles. The average Bonchev–Trinajstić information content (AvgIpc) is 2.80. The van der Waals surface area contributed by atoms with E-state index in [0.717, 1.165) is 4.47 Å². The third kappa shape index (κ3) is 5.74. The fourth-order valence-electron chi connectivity index (χ4n) is 2.70. The number of benzene rings is 3. The zero-order valence-corrected chi connectivity index (χ0v) is 20.3. The molecule has 0 fully saturated rings. The van der Waals surface area contributed by atoms with Crippen LogP contribution in [0.3, 0.4) is 0 Å². The van der Waals surface area contributed by atoms with Crippen molar-refractivity contribution in [3.05, 3.63) is 86.3 Å². The molecule has 7 nitrogen and oxygen atoms in total. The van der Waals surface area contributed by atoms with Crippen molar-refractivity contribution in [3.8, 4) is 17.2 Å². The van der Waals surface area contributed by atoms with Gasteiger partial charge in [0.2, 0.25) is 0 Å². The number of esters is 1. The van der Waals surface area contributed by atoms with Gasteiger partial charge in [-0.3, -0.25) is 4.79 Å². The number of amides is 1. The Morgan fingerprint density at radius 2 is 1.62 bits per heavy atom. The molecule has 0 aliphatic carbocycles. The molecule has 0 saturated heterocycles. The normalized spacial score (nSPS) is 10.6. The minimum absolute atomic E-state index is 0.270. The van der Waals surface area contributed by atoms with Crippen LogP contribution in [0.15, 0.2) is 74.7 Å². The monoisotopic (exact) mass is 560 g/mol. The van der Waals surface area contributed by atoms with Crippen LogP contribution in [0.2, 0.25) is 0 Å². The number of rotatable bonds is 7. The number of halogens is 2. The van der Waals surface area contributed by atoms with Gasteiger partial charge in [-0.05, 0) is 64.5 Å². The summed E-state index contributed by atoms with van der Waals surface area (Å²) in [6.45, 7) is 0. The molecule has 32 heavy (non-hydrogen) atoms. The van der Waals surface area contributed by atoms with Crippen molar-refractivity contribution in [2.75, 3.05) is 14.2 Å². The van der Waals surface area contributed by atoms with E-state index in [4.69, 9.17) is 14.2 Å². The van der Waals surface area contributed by atoms with Crippen molar-refractivity contribution in [1.82, 2.24) is 5.43 Å². The molecule has 9 heteroatoms. The molecule has 3 rings (SSSR count). The number of ether oxygens (including phenoxy) is 3.